The summed E-state index contributed by atoms with van der Waals surface area (Å²) in [6.45, 7) is 0.694. The van der Waals surface area contributed by atoms with E-state index in [0.717, 1.165) is 35.1 Å². The number of fused-ring (bicyclic) bond motifs is 3. The lowest BCUT2D eigenvalue weighted by molar-refractivity contribution is -0.139. The van der Waals surface area contributed by atoms with Crippen LogP contribution < -0.4 is 5.32 Å². The number of alkyl carbamates (subject to hydrolysis) is 1. The van der Waals surface area contributed by atoms with Crippen molar-refractivity contribution in [3.8, 4) is 11.1 Å². The molecule has 8 nitrogen and oxygen atoms in total. The lowest BCUT2D eigenvalue weighted by Gasteiger charge is -2.29. The van der Waals surface area contributed by atoms with Crippen molar-refractivity contribution in [3.63, 3.8) is 0 Å². The van der Waals surface area contributed by atoms with E-state index < -0.39 is 18.1 Å². The van der Waals surface area contributed by atoms with Gasteiger partial charge in [-0.05, 0) is 41.5 Å². The molecular weight excluding hydrogens is 436 g/mol. The van der Waals surface area contributed by atoms with Crippen molar-refractivity contribution in [2.45, 2.75) is 43.7 Å². The van der Waals surface area contributed by atoms with Gasteiger partial charge in [0.1, 0.15) is 12.6 Å². The maximum absolute atomic E-state index is 13.1. The SMILES string of the molecule is COCC(NC(=O)OCC1c2ccccc2-c2ccccc21)C(=O)N1CCCC1CCC(=O)O. The number of hydrogen-bond donors (Lipinski definition) is 2. The van der Waals surface area contributed by atoms with Crippen molar-refractivity contribution in [2.24, 2.45) is 0 Å². The summed E-state index contributed by atoms with van der Waals surface area (Å²) in [6, 6.07) is 15.1. The molecule has 2 aromatic rings. The zero-order valence-electron chi connectivity index (χ0n) is 19.2. The molecule has 1 aliphatic carbocycles. The van der Waals surface area contributed by atoms with Crippen molar-refractivity contribution in [1.29, 1.82) is 0 Å². The van der Waals surface area contributed by atoms with Crippen molar-refractivity contribution in [2.75, 3.05) is 26.9 Å². The summed E-state index contributed by atoms with van der Waals surface area (Å²) in [5.74, 6) is -1.23. The zero-order valence-corrected chi connectivity index (χ0v) is 19.2. The fourth-order valence-electron chi connectivity index (χ4n) is 5.04. The van der Waals surface area contributed by atoms with Crippen LogP contribution in [0.3, 0.4) is 0 Å². The summed E-state index contributed by atoms with van der Waals surface area (Å²) in [5, 5.41) is 11.6. The van der Waals surface area contributed by atoms with E-state index in [1.807, 2.05) is 36.4 Å². The van der Waals surface area contributed by atoms with E-state index in [2.05, 4.69) is 17.4 Å². The number of carbonyl (C=O) groups is 3. The topological polar surface area (TPSA) is 105 Å². The Labute approximate surface area is 198 Å². The van der Waals surface area contributed by atoms with Gasteiger partial charge in [-0.25, -0.2) is 4.79 Å². The summed E-state index contributed by atoms with van der Waals surface area (Å²) in [5.41, 5.74) is 4.50. The number of carboxylic acid groups (broad SMARTS) is 1. The Balaban J connectivity index is 1.39. The minimum absolute atomic E-state index is 0.00317. The molecule has 0 spiro atoms. The molecule has 2 amide bonds. The third kappa shape index (κ3) is 5.07. The van der Waals surface area contributed by atoms with Gasteiger partial charge in [-0.3, -0.25) is 9.59 Å². The van der Waals surface area contributed by atoms with Crippen molar-refractivity contribution >= 4 is 18.0 Å². The van der Waals surface area contributed by atoms with Gasteiger partial charge in [0, 0.05) is 32.0 Å². The third-order valence-electron chi connectivity index (χ3n) is 6.62. The van der Waals surface area contributed by atoms with Crippen molar-refractivity contribution in [3.05, 3.63) is 59.7 Å². The Hall–Kier alpha value is -3.39. The van der Waals surface area contributed by atoms with Crippen LogP contribution in [0.4, 0.5) is 4.79 Å². The number of nitrogens with zero attached hydrogens (tertiary/aromatic N) is 1. The summed E-state index contributed by atoms with van der Waals surface area (Å²) >= 11 is 0. The van der Waals surface area contributed by atoms with E-state index in [0.29, 0.717) is 13.0 Å². The number of carboxylic acids is 1. The molecule has 4 rings (SSSR count). The Bertz CT molecular complexity index is 1010. The standard InChI is InChI=1S/C26H30N2O6/c1-33-16-23(25(31)28-14-6-7-17(28)12-13-24(29)30)27-26(32)34-15-22-20-10-4-2-8-18(20)19-9-3-5-11-21(19)22/h2-5,8-11,17,22-23H,6-7,12-16H2,1H3,(H,27,32)(H,29,30). The molecule has 0 aromatic heterocycles. The van der Waals surface area contributed by atoms with Crippen LogP contribution in [0.25, 0.3) is 11.1 Å². The molecule has 1 heterocycles. The lowest BCUT2D eigenvalue weighted by Crippen LogP contribution is -2.52. The quantitative estimate of drug-likeness (QED) is 0.587. The van der Waals surface area contributed by atoms with E-state index in [1.165, 1.54) is 7.11 Å². The molecule has 0 bridgehead atoms. The molecule has 1 fully saturated rings. The highest BCUT2D eigenvalue weighted by Crippen LogP contribution is 2.44. The predicted molar refractivity (Wildman–Crippen MR) is 125 cm³/mol. The van der Waals surface area contributed by atoms with E-state index >= 15 is 0 Å². The molecule has 1 saturated heterocycles. The molecule has 0 saturated carbocycles. The molecule has 2 unspecified atom stereocenters. The number of benzene rings is 2. The van der Waals surface area contributed by atoms with Crippen LogP contribution in [0.1, 0.15) is 42.7 Å². The van der Waals surface area contributed by atoms with Crippen LogP contribution in [0.2, 0.25) is 0 Å². The normalized spacial score (nSPS) is 17.7. The van der Waals surface area contributed by atoms with Gasteiger partial charge in [0.05, 0.1) is 6.61 Å². The smallest absolute Gasteiger partial charge is 0.407 e. The van der Waals surface area contributed by atoms with E-state index in [-0.39, 0.29) is 37.5 Å². The fraction of sp³-hybridized carbons (Fsp3) is 0.423. The minimum atomic E-state index is -0.897. The second-order valence-electron chi connectivity index (χ2n) is 8.74. The summed E-state index contributed by atoms with van der Waals surface area (Å²) in [6.07, 6.45) is 1.28. The monoisotopic (exact) mass is 466 g/mol. The average molecular weight is 467 g/mol. The number of likely N-dealkylation sites (tertiary alicyclic amines) is 1. The van der Waals surface area contributed by atoms with Crippen LogP contribution in [0, 0.1) is 0 Å². The molecule has 2 atom stereocenters. The van der Waals surface area contributed by atoms with Crippen LogP contribution in [0.5, 0.6) is 0 Å². The first-order chi connectivity index (χ1) is 16.5. The highest BCUT2D eigenvalue weighted by atomic mass is 16.5. The minimum Gasteiger partial charge on any atom is -0.481 e. The van der Waals surface area contributed by atoms with Crippen LogP contribution in [0.15, 0.2) is 48.5 Å². The molecule has 2 N–H and O–H groups in total. The van der Waals surface area contributed by atoms with E-state index in [9.17, 15) is 14.4 Å². The third-order valence-corrected chi connectivity index (χ3v) is 6.62. The van der Waals surface area contributed by atoms with Gasteiger partial charge in [-0.2, -0.15) is 0 Å². The van der Waals surface area contributed by atoms with Gasteiger partial charge >= 0.3 is 12.1 Å². The Kier molecular flexibility index (Phi) is 7.47. The number of methoxy groups -OCH3 is 1. The fourth-order valence-corrected chi connectivity index (χ4v) is 5.04. The van der Waals surface area contributed by atoms with Crippen molar-refractivity contribution < 1.29 is 29.0 Å². The van der Waals surface area contributed by atoms with Gasteiger partial charge in [0.15, 0.2) is 0 Å². The number of hydrogen-bond acceptors (Lipinski definition) is 5. The van der Waals surface area contributed by atoms with Crippen molar-refractivity contribution in [1.82, 2.24) is 10.2 Å². The van der Waals surface area contributed by atoms with Gasteiger partial charge in [-0.15, -0.1) is 0 Å². The highest BCUT2D eigenvalue weighted by molar-refractivity contribution is 5.86. The van der Waals surface area contributed by atoms with Gasteiger partial charge in [-0.1, -0.05) is 48.5 Å². The summed E-state index contributed by atoms with van der Waals surface area (Å²) in [7, 11) is 1.46. The lowest BCUT2D eigenvalue weighted by atomic mass is 9.98. The molecule has 34 heavy (non-hydrogen) atoms. The Morgan fingerprint density at radius 3 is 2.35 bits per heavy atom. The maximum atomic E-state index is 13.1. The molecule has 180 valence electrons. The van der Waals surface area contributed by atoms with Crippen LogP contribution >= 0.6 is 0 Å². The number of rotatable bonds is 9. The van der Waals surface area contributed by atoms with Gasteiger partial charge < -0.3 is 24.8 Å². The van der Waals surface area contributed by atoms with Gasteiger partial charge in [0.2, 0.25) is 5.91 Å². The molecular formula is C26H30N2O6. The molecule has 2 aromatic carbocycles. The van der Waals surface area contributed by atoms with E-state index in [4.69, 9.17) is 14.6 Å². The average Bonchev–Trinajstić information content (AvgIpc) is 3.43. The number of aliphatic carboxylic acids is 1. The number of nitrogens with one attached hydrogen (secondary N) is 1. The molecule has 8 heteroatoms. The number of amides is 2. The first kappa shape index (κ1) is 23.8. The zero-order chi connectivity index (χ0) is 24.1. The second kappa shape index (κ2) is 10.7. The molecule has 0 radical (unpaired) electrons. The molecule has 1 aliphatic heterocycles. The first-order valence-electron chi connectivity index (χ1n) is 11.6. The summed E-state index contributed by atoms with van der Waals surface area (Å²) in [4.78, 5) is 38.4. The van der Waals surface area contributed by atoms with Crippen LogP contribution in [-0.4, -0.2) is 66.9 Å². The maximum Gasteiger partial charge on any atom is 0.407 e. The van der Waals surface area contributed by atoms with E-state index in [1.54, 1.807) is 4.90 Å². The number of ether oxygens (including phenoxy) is 2. The predicted octanol–water partition coefficient (Wildman–Crippen LogP) is 3.40. The first-order valence-corrected chi connectivity index (χ1v) is 11.6. The second-order valence-corrected chi connectivity index (χ2v) is 8.74. The highest BCUT2D eigenvalue weighted by Gasteiger charge is 2.35. The largest absolute Gasteiger partial charge is 0.481 e. The summed E-state index contributed by atoms with van der Waals surface area (Å²) < 4.78 is 10.8. The Morgan fingerprint density at radius 1 is 1.09 bits per heavy atom. The molecule has 2 aliphatic rings. The number of carbonyl (C=O) groups excluding carboxylic acids is 2. The Morgan fingerprint density at radius 2 is 1.74 bits per heavy atom. The van der Waals surface area contributed by atoms with Crippen LogP contribution in [-0.2, 0) is 19.1 Å². The van der Waals surface area contributed by atoms with Gasteiger partial charge in [0.25, 0.3) is 0 Å².